The molecule has 2 atom stereocenters. The van der Waals surface area contributed by atoms with E-state index in [-0.39, 0.29) is 16.9 Å². The summed E-state index contributed by atoms with van der Waals surface area (Å²) < 4.78 is 19.5. The van der Waals surface area contributed by atoms with Crippen molar-refractivity contribution in [3.05, 3.63) is 68.4 Å². The Kier molecular flexibility index (Phi) is 13.1. The predicted molar refractivity (Wildman–Crippen MR) is 217 cm³/mol. The quantitative estimate of drug-likeness (QED) is 0.204. The molecule has 1 aliphatic carbocycles. The highest BCUT2D eigenvalue weighted by molar-refractivity contribution is 7.98. The Labute approximate surface area is 329 Å². The molecule has 1 aromatic carbocycles. The first-order valence-corrected chi connectivity index (χ1v) is 20.7. The average Bonchev–Trinajstić information content (AvgIpc) is 3.73. The molecule has 13 heteroatoms. The average molecular weight is 777 g/mol. The van der Waals surface area contributed by atoms with E-state index in [4.69, 9.17) is 32.0 Å². The molecule has 10 nitrogen and oxygen atoms in total. The van der Waals surface area contributed by atoms with Crippen LogP contribution in [-0.2, 0) is 25.3 Å². The van der Waals surface area contributed by atoms with Crippen LogP contribution in [0.3, 0.4) is 0 Å². The van der Waals surface area contributed by atoms with Crippen molar-refractivity contribution in [1.29, 1.82) is 0 Å². The molecular weight excluding hydrogens is 723 g/mol. The predicted octanol–water partition coefficient (Wildman–Crippen LogP) is 7.93. The van der Waals surface area contributed by atoms with Gasteiger partial charge in [0.15, 0.2) is 5.69 Å². The van der Waals surface area contributed by atoms with Crippen LogP contribution in [0, 0.1) is 11.8 Å². The fourth-order valence-electron chi connectivity index (χ4n) is 7.87. The summed E-state index contributed by atoms with van der Waals surface area (Å²) in [5, 5.41) is 5.18. The van der Waals surface area contributed by atoms with E-state index in [0.717, 1.165) is 84.0 Å². The van der Waals surface area contributed by atoms with Gasteiger partial charge in [-0.25, -0.2) is 4.39 Å². The van der Waals surface area contributed by atoms with Gasteiger partial charge in [-0.3, -0.25) is 14.4 Å². The first kappa shape index (κ1) is 39.9. The number of rotatable bonds is 5. The summed E-state index contributed by atoms with van der Waals surface area (Å²) in [7, 11) is 5.01. The van der Waals surface area contributed by atoms with Gasteiger partial charge in [-0.1, -0.05) is 37.8 Å². The zero-order valence-corrected chi connectivity index (χ0v) is 34.1. The molecule has 1 saturated carbocycles. The van der Waals surface area contributed by atoms with Gasteiger partial charge in [0, 0.05) is 74.0 Å². The molecule has 54 heavy (non-hydrogen) atoms. The van der Waals surface area contributed by atoms with Gasteiger partial charge in [-0.15, -0.1) is 17.7 Å². The standard InChI is InChI=1S/C30H34ClN7O2S.C8H12FN.C3H8/c1-5-7-18-12-19(32)13-20(25(18)17-8-9-17)24-14-22-21(16-41-24)28(34-30(33-22)40-4)37-10-6-11-38-23(15-37)26(31)27(35-38)29(39)36(2)3;9-5-7-4-8-2-1-3-10(8)6-7;1-3-2/h12-13,17,24H,6,8-11,14-16,32H2,1-4H3;5,8H,1-4,6H2;3H2,1-2H3/b;7-5-;. The van der Waals surface area contributed by atoms with Gasteiger partial charge in [0.05, 0.1) is 36.4 Å². The second-order valence-corrected chi connectivity index (χ2v) is 16.5. The molecule has 8 rings (SSSR count). The number of hydrogen-bond acceptors (Lipinski definition) is 9. The maximum Gasteiger partial charge on any atom is 0.318 e. The van der Waals surface area contributed by atoms with E-state index in [9.17, 15) is 9.18 Å². The monoisotopic (exact) mass is 776 g/mol. The van der Waals surface area contributed by atoms with E-state index < -0.39 is 0 Å². The van der Waals surface area contributed by atoms with Crippen molar-refractivity contribution in [3.63, 3.8) is 0 Å². The summed E-state index contributed by atoms with van der Waals surface area (Å²) in [4.78, 5) is 28.5. The van der Waals surface area contributed by atoms with E-state index in [1.807, 2.05) is 29.4 Å². The first-order chi connectivity index (χ1) is 26.1. The summed E-state index contributed by atoms with van der Waals surface area (Å²) in [5.74, 6) is 8.35. The third-order valence-electron chi connectivity index (χ3n) is 10.5. The highest BCUT2D eigenvalue weighted by atomic mass is 35.5. The Morgan fingerprint density at radius 3 is 2.57 bits per heavy atom. The minimum atomic E-state index is -0.203. The molecule has 2 aromatic heterocycles. The minimum Gasteiger partial charge on any atom is -0.467 e. The molecule has 3 aromatic rings. The van der Waals surface area contributed by atoms with E-state index in [0.29, 0.717) is 36.1 Å². The number of fused-ring (bicyclic) bond motifs is 3. The molecule has 2 N–H and O–H groups in total. The van der Waals surface area contributed by atoms with Crippen LogP contribution in [0.1, 0.15) is 121 Å². The van der Waals surface area contributed by atoms with Crippen LogP contribution in [0.4, 0.5) is 15.9 Å². The molecule has 0 bridgehead atoms. The van der Waals surface area contributed by atoms with Gasteiger partial charge < -0.3 is 20.3 Å². The number of ether oxygens (including phenoxy) is 1. The summed E-state index contributed by atoms with van der Waals surface area (Å²) in [5.41, 5.74) is 15.0. The van der Waals surface area contributed by atoms with E-state index in [1.165, 1.54) is 54.7 Å². The van der Waals surface area contributed by atoms with Crippen LogP contribution in [0.25, 0.3) is 0 Å². The number of anilines is 2. The molecule has 1 amide bonds. The van der Waals surface area contributed by atoms with Crippen LogP contribution in [0.15, 0.2) is 24.0 Å². The summed E-state index contributed by atoms with van der Waals surface area (Å²) in [6.07, 6.45) is 9.59. The Morgan fingerprint density at radius 2 is 1.91 bits per heavy atom. The van der Waals surface area contributed by atoms with Crippen LogP contribution in [0.5, 0.6) is 6.01 Å². The third-order valence-corrected chi connectivity index (χ3v) is 12.1. The van der Waals surface area contributed by atoms with Gasteiger partial charge in [0.2, 0.25) is 0 Å². The molecule has 2 saturated heterocycles. The zero-order valence-electron chi connectivity index (χ0n) is 32.6. The van der Waals surface area contributed by atoms with Crippen molar-refractivity contribution in [2.75, 3.05) is 51.5 Å². The molecule has 290 valence electrons. The Bertz CT molecular complexity index is 1920. The molecule has 0 spiro atoms. The van der Waals surface area contributed by atoms with E-state index in [1.54, 1.807) is 21.2 Å². The lowest BCUT2D eigenvalue weighted by molar-refractivity contribution is 0.0821. The Hall–Kier alpha value is -3.79. The van der Waals surface area contributed by atoms with Crippen LogP contribution >= 0.6 is 23.4 Å². The SMILES string of the molecule is CC#Cc1cc(N)cc(C2Cc3nc(OC)nc(N4CCCn5nc(C(=O)N(C)C)c(Cl)c5C4)c3CS2)c1C1CC1.CCC.F/C=C1/CC2CCCN2C1. The number of aromatic nitrogens is 4. The highest BCUT2D eigenvalue weighted by Crippen LogP contribution is 2.51. The van der Waals surface area contributed by atoms with Crippen molar-refractivity contribution >= 4 is 40.8 Å². The van der Waals surface area contributed by atoms with Crippen LogP contribution in [0.2, 0.25) is 5.02 Å². The number of halogens is 2. The highest BCUT2D eigenvalue weighted by Gasteiger charge is 2.36. The lowest BCUT2D eigenvalue weighted by atomic mass is 9.92. The number of nitrogens with zero attached hydrogens (tertiary/aromatic N) is 7. The number of thioether (sulfide) groups is 1. The summed E-state index contributed by atoms with van der Waals surface area (Å²) >= 11 is 8.66. The Morgan fingerprint density at radius 1 is 1.13 bits per heavy atom. The number of aryl methyl sites for hydroxylation is 1. The van der Waals surface area contributed by atoms with Gasteiger partial charge in [0.1, 0.15) is 5.82 Å². The van der Waals surface area contributed by atoms with Crippen molar-refractivity contribution in [2.24, 2.45) is 0 Å². The molecule has 3 fully saturated rings. The number of nitrogens with two attached hydrogens (primary N) is 1. The number of methoxy groups -OCH3 is 1. The summed E-state index contributed by atoms with van der Waals surface area (Å²) in [6.45, 7) is 10.1. The van der Waals surface area contributed by atoms with E-state index >= 15 is 0 Å². The summed E-state index contributed by atoms with van der Waals surface area (Å²) in [6, 6.07) is 5.19. The van der Waals surface area contributed by atoms with E-state index in [2.05, 4.69) is 46.7 Å². The van der Waals surface area contributed by atoms with Crippen molar-refractivity contribution in [1.82, 2.24) is 29.5 Å². The maximum absolute atomic E-state index is 12.7. The van der Waals surface area contributed by atoms with Gasteiger partial charge in [-0.2, -0.15) is 15.1 Å². The molecule has 5 aliphatic rings. The Balaban J connectivity index is 0.000000323. The molecule has 4 aliphatic heterocycles. The van der Waals surface area contributed by atoms with Crippen molar-refractivity contribution in [3.8, 4) is 17.9 Å². The fourth-order valence-corrected chi connectivity index (χ4v) is 9.46. The second kappa shape index (κ2) is 17.8. The number of carbonyl (C=O) groups is 1. The van der Waals surface area contributed by atoms with Crippen molar-refractivity contribution in [2.45, 2.75) is 108 Å². The lowest BCUT2D eigenvalue weighted by Crippen LogP contribution is -2.27. The van der Waals surface area contributed by atoms with Gasteiger partial charge in [0.25, 0.3) is 5.91 Å². The largest absolute Gasteiger partial charge is 0.467 e. The first-order valence-electron chi connectivity index (χ1n) is 19.3. The van der Waals surface area contributed by atoms with Gasteiger partial charge >= 0.3 is 6.01 Å². The number of amides is 1. The number of carbonyl (C=O) groups excluding carboxylic acids is 1. The fraction of sp³-hybridized carbons (Fsp3) is 0.561. The lowest BCUT2D eigenvalue weighted by Gasteiger charge is -2.31. The number of nitrogen functional groups attached to an aromatic ring is 1. The maximum atomic E-state index is 12.7. The topological polar surface area (TPSA) is 106 Å². The molecule has 6 heterocycles. The molecule has 2 unspecified atom stereocenters. The number of hydrogen-bond donors (Lipinski definition) is 1. The normalized spacial score (nSPS) is 21.0. The smallest absolute Gasteiger partial charge is 0.318 e. The molecular formula is C41H54ClFN8O2S. The van der Waals surface area contributed by atoms with Crippen molar-refractivity contribution < 1.29 is 13.9 Å². The minimum absolute atomic E-state index is 0.203. The van der Waals surface area contributed by atoms with Crippen LogP contribution in [-0.4, -0.2) is 82.3 Å². The molecule has 0 radical (unpaired) electrons. The second-order valence-electron chi connectivity index (χ2n) is 14.9. The number of benzene rings is 1. The van der Waals surface area contributed by atoms with Crippen LogP contribution < -0.4 is 15.4 Å². The van der Waals surface area contributed by atoms with Gasteiger partial charge in [-0.05, 0) is 86.7 Å². The zero-order chi connectivity index (χ0) is 38.5. The third kappa shape index (κ3) is 8.69.